The number of aromatic carboxylic acids is 1. The Hall–Kier alpha value is -2.03. The van der Waals surface area contributed by atoms with Crippen LogP contribution in [0, 0.1) is 3.57 Å². The Morgan fingerprint density at radius 3 is 2.50 bits per heavy atom. The maximum Gasteiger partial charge on any atom is 0.352 e. The van der Waals surface area contributed by atoms with Gasteiger partial charge in [-0.2, -0.15) is 0 Å². The van der Waals surface area contributed by atoms with Crippen LogP contribution in [0.2, 0.25) is 10.0 Å². The van der Waals surface area contributed by atoms with Crippen LogP contribution < -0.4 is 5.32 Å². The molecule has 0 fully saturated rings. The Morgan fingerprint density at radius 1 is 1.15 bits per heavy atom. The summed E-state index contributed by atoms with van der Waals surface area (Å²) in [4.78, 5) is 26.4. The predicted octanol–water partition coefficient (Wildman–Crippen LogP) is 5.43. The molecule has 0 aliphatic carbocycles. The molecule has 3 aromatic rings. The van der Waals surface area contributed by atoms with Crippen LogP contribution in [0.1, 0.15) is 16.1 Å². The van der Waals surface area contributed by atoms with Gasteiger partial charge in [-0.15, -0.1) is 0 Å². The summed E-state index contributed by atoms with van der Waals surface area (Å²) >= 11 is 14.3. The van der Waals surface area contributed by atoms with Crippen molar-refractivity contribution in [3.8, 4) is 0 Å². The van der Waals surface area contributed by atoms with Crippen molar-refractivity contribution < 1.29 is 14.7 Å². The van der Waals surface area contributed by atoms with Crippen LogP contribution in [0.3, 0.4) is 0 Å². The molecule has 26 heavy (non-hydrogen) atoms. The largest absolute Gasteiger partial charge is 0.477 e. The van der Waals surface area contributed by atoms with Crippen molar-refractivity contribution in [3.05, 3.63) is 67.3 Å². The van der Waals surface area contributed by atoms with Gasteiger partial charge >= 0.3 is 5.97 Å². The van der Waals surface area contributed by atoms with Crippen molar-refractivity contribution in [1.29, 1.82) is 0 Å². The average Bonchev–Trinajstić information content (AvgIpc) is 2.94. The number of anilines is 1. The number of rotatable bonds is 4. The Labute approximate surface area is 172 Å². The molecule has 0 aliphatic heterocycles. The molecule has 1 heterocycles. The second-order valence-corrected chi connectivity index (χ2v) is 7.45. The Bertz CT molecular complexity index is 1040. The minimum atomic E-state index is -1.16. The number of carboxylic acid groups (broad SMARTS) is 1. The molecule has 132 valence electrons. The van der Waals surface area contributed by atoms with Crippen LogP contribution >= 0.6 is 45.8 Å². The number of carbonyl (C=O) groups excluding carboxylic acids is 1. The lowest BCUT2D eigenvalue weighted by atomic mass is 10.1. The molecule has 1 aromatic heterocycles. The van der Waals surface area contributed by atoms with Crippen LogP contribution in [0.15, 0.2) is 42.5 Å². The fourth-order valence-corrected chi connectivity index (χ4v) is 3.44. The van der Waals surface area contributed by atoms with Crippen molar-refractivity contribution in [2.24, 2.45) is 0 Å². The third-order valence-corrected chi connectivity index (χ3v) is 4.82. The van der Waals surface area contributed by atoms with E-state index in [9.17, 15) is 14.7 Å². The van der Waals surface area contributed by atoms with Gasteiger partial charge in [0.1, 0.15) is 5.69 Å². The van der Waals surface area contributed by atoms with Gasteiger partial charge in [-0.1, -0.05) is 23.2 Å². The fraction of sp³-hybridized carbons (Fsp3) is 0. The number of carbonyl (C=O) groups is 2. The van der Waals surface area contributed by atoms with Crippen LogP contribution in [-0.4, -0.2) is 22.0 Å². The minimum Gasteiger partial charge on any atom is -0.477 e. The molecule has 2 aromatic carbocycles. The number of carboxylic acids is 1. The predicted molar refractivity (Wildman–Crippen MR) is 112 cm³/mol. The Balaban J connectivity index is 1.95. The topological polar surface area (TPSA) is 82.2 Å². The van der Waals surface area contributed by atoms with Crippen LogP contribution in [0.4, 0.5) is 5.69 Å². The lowest BCUT2D eigenvalue weighted by molar-refractivity contribution is -0.111. The second-order valence-electron chi connectivity index (χ2n) is 5.36. The van der Waals surface area contributed by atoms with Crippen molar-refractivity contribution in [2.75, 3.05) is 5.32 Å². The van der Waals surface area contributed by atoms with E-state index >= 15 is 0 Å². The summed E-state index contributed by atoms with van der Waals surface area (Å²) in [5.74, 6) is -1.55. The summed E-state index contributed by atoms with van der Waals surface area (Å²) in [5.41, 5.74) is 1.37. The van der Waals surface area contributed by atoms with Gasteiger partial charge in [0.2, 0.25) is 5.91 Å². The van der Waals surface area contributed by atoms with E-state index in [1.54, 1.807) is 18.2 Å². The first-order valence-electron chi connectivity index (χ1n) is 7.34. The summed E-state index contributed by atoms with van der Waals surface area (Å²) < 4.78 is 1.05. The highest BCUT2D eigenvalue weighted by atomic mass is 127. The van der Waals surface area contributed by atoms with Crippen LogP contribution in [0.5, 0.6) is 0 Å². The summed E-state index contributed by atoms with van der Waals surface area (Å²) in [5, 5.41) is 13.3. The van der Waals surface area contributed by atoms with Crippen molar-refractivity contribution >= 4 is 80.3 Å². The average molecular weight is 501 g/mol. The monoisotopic (exact) mass is 500 g/mol. The number of nitrogens with one attached hydrogen (secondary N) is 2. The Kier molecular flexibility index (Phi) is 5.55. The maximum atomic E-state index is 12.1. The van der Waals surface area contributed by atoms with Gasteiger partial charge in [0.15, 0.2) is 0 Å². The Morgan fingerprint density at radius 2 is 1.85 bits per heavy atom. The molecule has 3 N–H and O–H groups in total. The van der Waals surface area contributed by atoms with E-state index in [-0.39, 0.29) is 11.6 Å². The molecule has 1 amide bonds. The van der Waals surface area contributed by atoms with Gasteiger partial charge in [-0.05, 0) is 65.1 Å². The summed E-state index contributed by atoms with van der Waals surface area (Å²) in [6.45, 7) is 0. The van der Waals surface area contributed by atoms with E-state index in [1.807, 2.05) is 12.1 Å². The van der Waals surface area contributed by atoms with Gasteiger partial charge in [-0.25, -0.2) is 4.79 Å². The third-order valence-electron chi connectivity index (χ3n) is 3.58. The number of H-pyrrole nitrogens is 1. The SMILES string of the molecule is O=C(/C=C/c1c(C(=O)O)[nH]c2cc(Cl)cc(Cl)c12)Nc1ccc(I)cc1. The molecular formula is C18H11Cl2IN2O3. The van der Waals surface area contributed by atoms with Crippen molar-refractivity contribution in [2.45, 2.75) is 0 Å². The summed E-state index contributed by atoms with van der Waals surface area (Å²) in [6, 6.07) is 10.4. The quantitative estimate of drug-likeness (QED) is 0.330. The van der Waals surface area contributed by atoms with Crippen LogP contribution in [0.25, 0.3) is 17.0 Å². The molecule has 3 rings (SSSR count). The molecule has 0 aliphatic rings. The van der Waals surface area contributed by atoms with Gasteiger partial charge < -0.3 is 15.4 Å². The summed E-state index contributed by atoms with van der Waals surface area (Å²) in [7, 11) is 0. The molecule has 0 unspecified atom stereocenters. The molecule has 0 saturated carbocycles. The van der Waals surface area contributed by atoms with Crippen molar-refractivity contribution in [3.63, 3.8) is 0 Å². The van der Waals surface area contributed by atoms with E-state index in [2.05, 4.69) is 32.9 Å². The lowest BCUT2D eigenvalue weighted by Gasteiger charge is -2.02. The normalized spacial score (nSPS) is 11.2. The number of aromatic amines is 1. The van der Waals surface area contributed by atoms with Crippen molar-refractivity contribution in [1.82, 2.24) is 4.98 Å². The molecule has 0 radical (unpaired) electrons. The number of benzene rings is 2. The molecule has 0 bridgehead atoms. The first-order chi connectivity index (χ1) is 12.3. The first-order valence-corrected chi connectivity index (χ1v) is 9.17. The van der Waals surface area contributed by atoms with E-state index < -0.39 is 5.97 Å². The molecule has 0 atom stereocenters. The number of fused-ring (bicyclic) bond motifs is 1. The first kappa shape index (κ1) is 18.8. The molecule has 8 heteroatoms. The fourth-order valence-electron chi connectivity index (χ4n) is 2.48. The van der Waals surface area contributed by atoms with E-state index in [0.717, 1.165) is 3.57 Å². The zero-order chi connectivity index (χ0) is 18.8. The van der Waals surface area contributed by atoms with Gasteiger partial charge in [0.05, 0.1) is 5.02 Å². The van der Waals surface area contributed by atoms with E-state index in [1.165, 1.54) is 18.2 Å². The van der Waals surface area contributed by atoms with E-state index in [4.69, 9.17) is 23.2 Å². The zero-order valence-electron chi connectivity index (χ0n) is 13.0. The van der Waals surface area contributed by atoms with E-state index in [0.29, 0.717) is 32.2 Å². The standard InChI is InChI=1S/C18H11Cl2IN2O3/c19-9-7-13(20)16-12(17(18(25)26)23-14(16)8-9)5-6-15(24)22-11-3-1-10(21)2-4-11/h1-8,23H,(H,22,24)(H,25,26)/b6-5+. The summed E-state index contributed by atoms with van der Waals surface area (Å²) in [6.07, 6.45) is 2.68. The lowest BCUT2D eigenvalue weighted by Crippen LogP contribution is -2.07. The molecule has 0 saturated heterocycles. The maximum absolute atomic E-state index is 12.1. The second kappa shape index (κ2) is 7.69. The number of hydrogen-bond acceptors (Lipinski definition) is 2. The number of amides is 1. The number of hydrogen-bond donors (Lipinski definition) is 3. The smallest absolute Gasteiger partial charge is 0.352 e. The highest BCUT2D eigenvalue weighted by Gasteiger charge is 2.18. The highest BCUT2D eigenvalue weighted by Crippen LogP contribution is 2.33. The van der Waals surface area contributed by atoms with Gasteiger partial charge in [0.25, 0.3) is 0 Å². The number of halogens is 3. The highest BCUT2D eigenvalue weighted by molar-refractivity contribution is 14.1. The third kappa shape index (κ3) is 4.03. The van der Waals surface area contributed by atoms with Gasteiger partial charge in [0, 0.05) is 36.8 Å². The number of aromatic nitrogens is 1. The minimum absolute atomic E-state index is 0.0671. The zero-order valence-corrected chi connectivity index (χ0v) is 16.7. The molecule has 0 spiro atoms. The van der Waals surface area contributed by atoms with Crippen LogP contribution in [-0.2, 0) is 4.79 Å². The molecular weight excluding hydrogens is 490 g/mol. The molecule has 5 nitrogen and oxygen atoms in total. The van der Waals surface area contributed by atoms with Gasteiger partial charge in [-0.3, -0.25) is 4.79 Å².